The lowest BCUT2D eigenvalue weighted by Gasteiger charge is -2.23. The Morgan fingerprint density at radius 1 is 1.17 bits per heavy atom. The largest absolute Gasteiger partial charge is 0.295 e. The zero-order valence-corrected chi connectivity index (χ0v) is 8.87. The molecule has 2 unspecified atom stereocenters. The van der Waals surface area contributed by atoms with Gasteiger partial charge in [-0.1, -0.05) is 27.7 Å². The highest BCUT2D eigenvalue weighted by molar-refractivity contribution is 4.80. The van der Waals surface area contributed by atoms with Crippen LogP contribution in [0.15, 0.2) is 0 Å². The predicted molar refractivity (Wildman–Crippen MR) is 50.7 cm³/mol. The third-order valence-corrected chi connectivity index (χ3v) is 2.70. The van der Waals surface area contributed by atoms with Gasteiger partial charge in [-0.25, -0.2) is 0 Å². The summed E-state index contributed by atoms with van der Waals surface area (Å²) >= 11 is 0. The molecule has 12 heavy (non-hydrogen) atoms. The van der Waals surface area contributed by atoms with Crippen LogP contribution in [0.25, 0.3) is 0 Å². The maximum atomic E-state index is 5.73. The van der Waals surface area contributed by atoms with Crippen molar-refractivity contribution in [2.45, 2.75) is 33.8 Å². The van der Waals surface area contributed by atoms with E-state index in [4.69, 9.17) is 4.84 Å². The van der Waals surface area contributed by atoms with Crippen molar-refractivity contribution in [3.05, 3.63) is 0 Å². The Labute approximate surface area is 75.8 Å². The van der Waals surface area contributed by atoms with Crippen molar-refractivity contribution in [2.75, 3.05) is 13.6 Å². The van der Waals surface area contributed by atoms with Crippen LogP contribution in [-0.4, -0.2) is 24.8 Å². The first kappa shape index (κ1) is 10.0. The molecule has 2 nitrogen and oxygen atoms in total. The SMILES string of the molecule is CC(C)C1CN(C)OC1C(C)C. The lowest BCUT2D eigenvalue weighted by Crippen LogP contribution is -2.27. The third-order valence-electron chi connectivity index (χ3n) is 2.70. The summed E-state index contributed by atoms with van der Waals surface area (Å²) in [4.78, 5) is 5.73. The van der Waals surface area contributed by atoms with Crippen molar-refractivity contribution in [1.82, 2.24) is 5.06 Å². The maximum absolute atomic E-state index is 5.73. The average Bonchev–Trinajstić information content (AvgIpc) is 2.31. The Morgan fingerprint density at radius 2 is 1.75 bits per heavy atom. The highest BCUT2D eigenvalue weighted by atomic mass is 16.7. The summed E-state index contributed by atoms with van der Waals surface area (Å²) in [6.45, 7) is 10.1. The monoisotopic (exact) mass is 171 g/mol. The topological polar surface area (TPSA) is 12.5 Å². The van der Waals surface area contributed by atoms with Gasteiger partial charge in [0.05, 0.1) is 6.10 Å². The van der Waals surface area contributed by atoms with Crippen molar-refractivity contribution >= 4 is 0 Å². The molecule has 0 spiro atoms. The van der Waals surface area contributed by atoms with Crippen LogP contribution in [-0.2, 0) is 4.84 Å². The molecule has 0 aliphatic carbocycles. The molecule has 1 saturated heterocycles. The Hall–Kier alpha value is -0.0800. The van der Waals surface area contributed by atoms with E-state index in [0.717, 1.165) is 12.5 Å². The minimum Gasteiger partial charge on any atom is -0.295 e. The van der Waals surface area contributed by atoms with Crippen LogP contribution in [0, 0.1) is 17.8 Å². The standard InChI is InChI=1S/C10H21NO/c1-7(2)9-6-11(5)12-10(9)8(3)4/h7-10H,6H2,1-5H3. The normalized spacial score (nSPS) is 32.2. The van der Waals surface area contributed by atoms with Crippen LogP contribution in [0.5, 0.6) is 0 Å². The highest BCUT2D eigenvalue weighted by Gasteiger charge is 2.35. The Kier molecular flexibility index (Phi) is 3.13. The molecule has 1 rings (SSSR count). The molecule has 2 atom stereocenters. The van der Waals surface area contributed by atoms with Crippen molar-refractivity contribution in [3.8, 4) is 0 Å². The second kappa shape index (κ2) is 3.75. The Morgan fingerprint density at radius 3 is 2.08 bits per heavy atom. The number of hydrogen-bond acceptors (Lipinski definition) is 2. The first-order valence-electron chi connectivity index (χ1n) is 4.90. The third kappa shape index (κ3) is 1.99. The van der Waals surface area contributed by atoms with Gasteiger partial charge in [-0.2, -0.15) is 5.06 Å². The summed E-state index contributed by atoms with van der Waals surface area (Å²) in [5.74, 6) is 2.06. The van der Waals surface area contributed by atoms with Crippen LogP contribution in [0.3, 0.4) is 0 Å². The fourth-order valence-corrected chi connectivity index (χ4v) is 1.94. The number of nitrogens with zero attached hydrogens (tertiary/aromatic N) is 1. The zero-order valence-electron chi connectivity index (χ0n) is 8.87. The molecular formula is C10H21NO. The molecule has 0 bridgehead atoms. The van der Waals surface area contributed by atoms with Gasteiger partial charge in [-0.15, -0.1) is 0 Å². The number of rotatable bonds is 2. The van der Waals surface area contributed by atoms with Crippen LogP contribution in [0.2, 0.25) is 0 Å². The van der Waals surface area contributed by atoms with E-state index < -0.39 is 0 Å². The molecule has 1 fully saturated rings. The molecule has 0 aromatic carbocycles. The molecule has 72 valence electrons. The van der Waals surface area contributed by atoms with Gasteiger partial charge in [0.25, 0.3) is 0 Å². The minimum absolute atomic E-state index is 0.426. The lowest BCUT2D eigenvalue weighted by molar-refractivity contribution is -0.142. The molecule has 0 amide bonds. The van der Waals surface area contributed by atoms with Gasteiger partial charge in [-0.05, 0) is 11.8 Å². The highest BCUT2D eigenvalue weighted by Crippen LogP contribution is 2.30. The summed E-state index contributed by atoms with van der Waals surface area (Å²) in [5, 5.41) is 1.98. The fourth-order valence-electron chi connectivity index (χ4n) is 1.94. The summed E-state index contributed by atoms with van der Waals surface area (Å²) in [6.07, 6.45) is 0.426. The van der Waals surface area contributed by atoms with E-state index in [2.05, 4.69) is 27.7 Å². The van der Waals surface area contributed by atoms with E-state index in [9.17, 15) is 0 Å². The molecule has 1 aliphatic rings. The zero-order chi connectivity index (χ0) is 9.30. The van der Waals surface area contributed by atoms with Crippen molar-refractivity contribution in [2.24, 2.45) is 17.8 Å². The average molecular weight is 171 g/mol. The Bertz CT molecular complexity index is 129. The molecule has 1 aliphatic heterocycles. The molecule has 0 radical (unpaired) electrons. The molecule has 0 saturated carbocycles. The van der Waals surface area contributed by atoms with E-state index in [0.29, 0.717) is 17.9 Å². The summed E-state index contributed by atoms with van der Waals surface area (Å²) in [7, 11) is 2.03. The Balaban J connectivity index is 2.59. The lowest BCUT2D eigenvalue weighted by atomic mass is 9.85. The van der Waals surface area contributed by atoms with Gasteiger partial charge in [0.15, 0.2) is 0 Å². The fraction of sp³-hybridized carbons (Fsp3) is 1.00. The first-order chi connectivity index (χ1) is 5.52. The van der Waals surface area contributed by atoms with Gasteiger partial charge in [0.2, 0.25) is 0 Å². The van der Waals surface area contributed by atoms with E-state index in [-0.39, 0.29) is 0 Å². The van der Waals surface area contributed by atoms with E-state index in [1.165, 1.54) is 0 Å². The summed E-state index contributed by atoms with van der Waals surface area (Å²) in [5.41, 5.74) is 0. The predicted octanol–water partition coefficient (Wildman–Crippen LogP) is 2.16. The minimum atomic E-state index is 0.426. The molecule has 2 heteroatoms. The number of hydroxylamine groups is 2. The first-order valence-corrected chi connectivity index (χ1v) is 4.90. The molecule has 0 N–H and O–H groups in total. The smallest absolute Gasteiger partial charge is 0.0859 e. The van der Waals surface area contributed by atoms with Crippen LogP contribution in [0.1, 0.15) is 27.7 Å². The number of hydrogen-bond donors (Lipinski definition) is 0. The van der Waals surface area contributed by atoms with E-state index in [1.54, 1.807) is 0 Å². The molecule has 1 heterocycles. The van der Waals surface area contributed by atoms with Gasteiger partial charge < -0.3 is 0 Å². The van der Waals surface area contributed by atoms with Crippen molar-refractivity contribution in [1.29, 1.82) is 0 Å². The van der Waals surface area contributed by atoms with Gasteiger partial charge >= 0.3 is 0 Å². The van der Waals surface area contributed by atoms with E-state index in [1.807, 2.05) is 12.1 Å². The summed E-state index contributed by atoms with van der Waals surface area (Å²) in [6, 6.07) is 0. The van der Waals surface area contributed by atoms with Crippen molar-refractivity contribution in [3.63, 3.8) is 0 Å². The summed E-state index contributed by atoms with van der Waals surface area (Å²) < 4.78 is 0. The maximum Gasteiger partial charge on any atom is 0.0859 e. The van der Waals surface area contributed by atoms with Crippen molar-refractivity contribution < 1.29 is 4.84 Å². The quantitative estimate of drug-likeness (QED) is 0.631. The second-order valence-corrected chi connectivity index (χ2v) is 4.53. The van der Waals surface area contributed by atoms with Gasteiger partial charge in [-0.3, -0.25) is 4.84 Å². The van der Waals surface area contributed by atoms with Crippen LogP contribution < -0.4 is 0 Å². The molecular weight excluding hydrogens is 150 g/mol. The van der Waals surface area contributed by atoms with Gasteiger partial charge in [0, 0.05) is 19.5 Å². The van der Waals surface area contributed by atoms with Crippen LogP contribution >= 0.6 is 0 Å². The molecule has 0 aromatic heterocycles. The van der Waals surface area contributed by atoms with E-state index >= 15 is 0 Å². The molecule has 0 aromatic rings. The van der Waals surface area contributed by atoms with Gasteiger partial charge in [0.1, 0.15) is 0 Å². The van der Waals surface area contributed by atoms with Crippen LogP contribution in [0.4, 0.5) is 0 Å². The second-order valence-electron chi connectivity index (χ2n) is 4.53.